The van der Waals surface area contributed by atoms with Crippen LogP contribution in [0.1, 0.15) is 32.6 Å². The molecule has 0 aromatic heterocycles. The van der Waals surface area contributed by atoms with Crippen LogP contribution in [0.4, 0.5) is 0 Å². The SMILES string of the molecule is CC1CC1N1CC(NC(=O)C2CCCOC2)CC1=O. The van der Waals surface area contributed by atoms with Crippen LogP contribution in [0.25, 0.3) is 0 Å². The minimum absolute atomic E-state index is 0.00488. The van der Waals surface area contributed by atoms with Gasteiger partial charge in [0.1, 0.15) is 0 Å². The van der Waals surface area contributed by atoms with E-state index < -0.39 is 0 Å². The second kappa shape index (κ2) is 5.12. The molecule has 0 radical (unpaired) electrons. The maximum absolute atomic E-state index is 12.1. The van der Waals surface area contributed by atoms with Crippen LogP contribution in [0, 0.1) is 11.8 Å². The van der Waals surface area contributed by atoms with E-state index in [-0.39, 0.29) is 23.8 Å². The van der Waals surface area contributed by atoms with Crippen molar-refractivity contribution in [1.29, 1.82) is 0 Å². The lowest BCUT2D eigenvalue weighted by atomic mass is 10.0. The van der Waals surface area contributed by atoms with E-state index in [4.69, 9.17) is 4.74 Å². The molecule has 4 unspecified atom stereocenters. The largest absolute Gasteiger partial charge is 0.381 e. The van der Waals surface area contributed by atoms with Gasteiger partial charge in [0, 0.05) is 25.6 Å². The maximum atomic E-state index is 12.1. The summed E-state index contributed by atoms with van der Waals surface area (Å²) >= 11 is 0. The van der Waals surface area contributed by atoms with Crippen molar-refractivity contribution < 1.29 is 14.3 Å². The fourth-order valence-corrected chi connectivity index (χ4v) is 3.15. The van der Waals surface area contributed by atoms with Gasteiger partial charge in [-0.2, -0.15) is 0 Å². The third-order valence-corrected chi connectivity index (χ3v) is 4.50. The van der Waals surface area contributed by atoms with Crippen molar-refractivity contribution in [2.24, 2.45) is 11.8 Å². The van der Waals surface area contributed by atoms with Crippen LogP contribution >= 0.6 is 0 Å². The Balaban J connectivity index is 1.50. The first-order valence-electron chi connectivity index (χ1n) is 7.32. The molecule has 1 aliphatic carbocycles. The zero-order valence-electron chi connectivity index (χ0n) is 11.4. The Morgan fingerprint density at radius 1 is 1.47 bits per heavy atom. The number of carbonyl (C=O) groups is 2. The monoisotopic (exact) mass is 266 g/mol. The van der Waals surface area contributed by atoms with Crippen molar-refractivity contribution in [3.05, 3.63) is 0 Å². The number of hydrogen-bond donors (Lipinski definition) is 1. The molecule has 5 heteroatoms. The third-order valence-electron chi connectivity index (χ3n) is 4.50. The predicted molar refractivity (Wildman–Crippen MR) is 69.4 cm³/mol. The van der Waals surface area contributed by atoms with E-state index in [1.165, 1.54) is 0 Å². The summed E-state index contributed by atoms with van der Waals surface area (Å²) in [7, 11) is 0. The molecule has 1 saturated carbocycles. The van der Waals surface area contributed by atoms with E-state index in [9.17, 15) is 9.59 Å². The molecule has 3 fully saturated rings. The summed E-state index contributed by atoms with van der Waals surface area (Å²) in [5.74, 6) is 0.852. The Kier molecular flexibility index (Phi) is 3.48. The number of nitrogens with zero attached hydrogens (tertiary/aromatic N) is 1. The molecule has 19 heavy (non-hydrogen) atoms. The average Bonchev–Trinajstić information content (AvgIpc) is 3.02. The number of hydrogen-bond acceptors (Lipinski definition) is 3. The van der Waals surface area contributed by atoms with Crippen LogP contribution < -0.4 is 5.32 Å². The molecule has 2 heterocycles. The summed E-state index contributed by atoms with van der Waals surface area (Å²) in [5, 5.41) is 3.03. The molecule has 1 N–H and O–H groups in total. The zero-order valence-corrected chi connectivity index (χ0v) is 11.4. The summed E-state index contributed by atoms with van der Waals surface area (Å²) in [5.41, 5.74) is 0. The molecule has 4 atom stereocenters. The molecule has 106 valence electrons. The van der Waals surface area contributed by atoms with Gasteiger partial charge in [-0.25, -0.2) is 0 Å². The van der Waals surface area contributed by atoms with E-state index in [1.807, 2.05) is 4.90 Å². The van der Waals surface area contributed by atoms with E-state index in [0.29, 0.717) is 31.5 Å². The second-order valence-corrected chi connectivity index (χ2v) is 6.15. The molecule has 3 rings (SSSR count). The van der Waals surface area contributed by atoms with Gasteiger partial charge in [0.05, 0.1) is 18.6 Å². The summed E-state index contributed by atoms with van der Waals surface area (Å²) in [6, 6.07) is 0.419. The smallest absolute Gasteiger partial charge is 0.225 e. The normalized spacial score (nSPS) is 38.4. The van der Waals surface area contributed by atoms with Crippen LogP contribution in [-0.4, -0.2) is 48.6 Å². The number of ether oxygens (including phenoxy) is 1. The Morgan fingerprint density at radius 2 is 2.26 bits per heavy atom. The third kappa shape index (κ3) is 2.76. The van der Waals surface area contributed by atoms with Crippen molar-refractivity contribution >= 4 is 11.8 Å². The van der Waals surface area contributed by atoms with Gasteiger partial charge in [-0.15, -0.1) is 0 Å². The van der Waals surface area contributed by atoms with E-state index in [0.717, 1.165) is 25.9 Å². The van der Waals surface area contributed by atoms with Gasteiger partial charge in [-0.05, 0) is 25.2 Å². The molecule has 0 aromatic rings. The van der Waals surface area contributed by atoms with Crippen LogP contribution in [-0.2, 0) is 14.3 Å². The van der Waals surface area contributed by atoms with Gasteiger partial charge in [0.25, 0.3) is 0 Å². The van der Waals surface area contributed by atoms with Gasteiger partial charge < -0.3 is 15.0 Å². The van der Waals surface area contributed by atoms with Crippen molar-refractivity contribution in [2.75, 3.05) is 19.8 Å². The van der Waals surface area contributed by atoms with Crippen LogP contribution in [0.2, 0.25) is 0 Å². The Morgan fingerprint density at radius 3 is 2.89 bits per heavy atom. The quantitative estimate of drug-likeness (QED) is 0.811. The van der Waals surface area contributed by atoms with Crippen molar-refractivity contribution in [1.82, 2.24) is 10.2 Å². The van der Waals surface area contributed by atoms with Gasteiger partial charge in [0.2, 0.25) is 11.8 Å². The van der Waals surface area contributed by atoms with Crippen molar-refractivity contribution in [3.8, 4) is 0 Å². The molecule has 2 saturated heterocycles. The molecule has 2 aliphatic heterocycles. The predicted octanol–water partition coefficient (Wildman–Crippen LogP) is 0.538. The van der Waals surface area contributed by atoms with E-state index in [1.54, 1.807) is 0 Å². The van der Waals surface area contributed by atoms with Crippen LogP contribution in [0.15, 0.2) is 0 Å². The first-order valence-corrected chi connectivity index (χ1v) is 7.32. The lowest BCUT2D eigenvalue weighted by molar-refractivity contribution is -0.129. The number of rotatable bonds is 3. The number of likely N-dealkylation sites (tertiary alicyclic amines) is 1. The van der Waals surface area contributed by atoms with Crippen molar-refractivity contribution in [2.45, 2.75) is 44.7 Å². The Labute approximate surface area is 113 Å². The summed E-state index contributed by atoms with van der Waals surface area (Å²) < 4.78 is 5.33. The topological polar surface area (TPSA) is 58.6 Å². The molecule has 0 aromatic carbocycles. The minimum atomic E-state index is -0.0299. The summed E-state index contributed by atoms with van der Waals surface area (Å²) in [6.45, 7) is 4.14. The average molecular weight is 266 g/mol. The summed E-state index contributed by atoms with van der Waals surface area (Å²) in [4.78, 5) is 26.0. The van der Waals surface area contributed by atoms with E-state index in [2.05, 4.69) is 12.2 Å². The second-order valence-electron chi connectivity index (χ2n) is 6.15. The fraction of sp³-hybridized carbons (Fsp3) is 0.857. The number of amides is 2. The highest BCUT2D eigenvalue weighted by molar-refractivity contribution is 5.83. The molecule has 2 amide bonds. The van der Waals surface area contributed by atoms with Crippen molar-refractivity contribution in [3.63, 3.8) is 0 Å². The minimum Gasteiger partial charge on any atom is -0.381 e. The van der Waals surface area contributed by atoms with Crippen LogP contribution in [0.3, 0.4) is 0 Å². The molecule has 0 spiro atoms. The summed E-state index contributed by atoms with van der Waals surface area (Å²) in [6.07, 6.45) is 3.43. The lowest BCUT2D eigenvalue weighted by Gasteiger charge is -2.23. The first-order chi connectivity index (χ1) is 9.15. The fourth-order valence-electron chi connectivity index (χ4n) is 3.15. The number of carbonyl (C=O) groups excluding carboxylic acids is 2. The van der Waals surface area contributed by atoms with Gasteiger partial charge in [-0.1, -0.05) is 6.92 Å². The zero-order chi connectivity index (χ0) is 13.4. The highest BCUT2D eigenvalue weighted by Gasteiger charge is 2.45. The molecule has 5 nitrogen and oxygen atoms in total. The number of nitrogens with one attached hydrogen (secondary N) is 1. The lowest BCUT2D eigenvalue weighted by Crippen LogP contribution is -2.43. The van der Waals surface area contributed by atoms with Gasteiger partial charge in [0.15, 0.2) is 0 Å². The molecular formula is C14H22N2O3. The molecule has 3 aliphatic rings. The highest BCUT2D eigenvalue weighted by Crippen LogP contribution is 2.37. The molecule has 0 bridgehead atoms. The molecular weight excluding hydrogens is 244 g/mol. The van der Waals surface area contributed by atoms with Gasteiger partial charge in [-0.3, -0.25) is 9.59 Å². The highest BCUT2D eigenvalue weighted by atomic mass is 16.5. The first kappa shape index (κ1) is 12.9. The maximum Gasteiger partial charge on any atom is 0.225 e. The Bertz CT molecular complexity index is 379. The standard InChI is InChI=1S/C14H22N2O3/c1-9-5-12(9)16-7-11(6-13(16)17)15-14(18)10-3-2-4-19-8-10/h9-12H,2-8H2,1H3,(H,15,18). The van der Waals surface area contributed by atoms with Gasteiger partial charge >= 0.3 is 0 Å². The Hall–Kier alpha value is -1.10. The van der Waals surface area contributed by atoms with Crippen LogP contribution in [0.5, 0.6) is 0 Å². The van der Waals surface area contributed by atoms with E-state index >= 15 is 0 Å².